The Hall–Kier alpha value is -2.18. The Bertz CT molecular complexity index is 822. The van der Waals surface area contributed by atoms with Crippen molar-refractivity contribution in [1.29, 1.82) is 0 Å². The predicted molar refractivity (Wildman–Crippen MR) is 96.4 cm³/mol. The van der Waals surface area contributed by atoms with Gasteiger partial charge in [-0.15, -0.1) is 0 Å². The Labute approximate surface area is 148 Å². The highest BCUT2D eigenvalue weighted by Gasteiger charge is 2.39. The third-order valence-electron chi connectivity index (χ3n) is 4.51. The highest BCUT2D eigenvalue weighted by Crippen LogP contribution is 2.26. The quantitative estimate of drug-likeness (QED) is 0.894. The van der Waals surface area contributed by atoms with Crippen LogP contribution < -0.4 is 5.32 Å². The maximum Gasteiger partial charge on any atom is 0.243 e. The van der Waals surface area contributed by atoms with Gasteiger partial charge < -0.3 is 5.32 Å². The van der Waals surface area contributed by atoms with Gasteiger partial charge in [0.25, 0.3) is 0 Å². The van der Waals surface area contributed by atoms with Crippen LogP contribution in [0.15, 0.2) is 65.6 Å². The van der Waals surface area contributed by atoms with Crippen molar-refractivity contribution in [3.8, 4) is 0 Å². The summed E-state index contributed by atoms with van der Waals surface area (Å²) in [5.41, 5.74) is 0.992. The third kappa shape index (κ3) is 3.75. The molecule has 1 amide bonds. The lowest BCUT2D eigenvalue weighted by molar-refractivity contribution is -0.124. The summed E-state index contributed by atoms with van der Waals surface area (Å²) in [5, 5.41) is 2.95. The second-order valence-electron chi connectivity index (χ2n) is 6.23. The van der Waals surface area contributed by atoms with E-state index in [1.807, 2.05) is 37.3 Å². The van der Waals surface area contributed by atoms with Gasteiger partial charge >= 0.3 is 0 Å². The highest BCUT2D eigenvalue weighted by atomic mass is 32.2. The van der Waals surface area contributed by atoms with Crippen molar-refractivity contribution in [3.05, 3.63) is 66.2 Å². The molecule has 2 aromatic rings. The molecule has 2 aromatic carbocycles. The first-order valence-electron chi connectivity index (χ1n) is 8.42. The summed E-state index contributed by atoms with van der Waals surface area (Å²) < 4.78 is 27.0. The molecule has 132 valence electrons. The molecular formula is C19H22N2O3S. The van der Waals surface area contributed by atoms with Gasteiger partial charge in [-0.2, -0.15) is 4.31 Å². The van der Waals surface area contributed by atoms with Crippen LogP contribution >= 0.6 is 0 Å². The number of hydrogen-bond donors (Lipinski definition) is 1. The number of sulfonamides is 1. The number of benzene rings is 2. The molecule has 0 bridgehead atoms. The van der Waals surface area contributed by atoms with E-state index in [0.717, 1.165) is 5.56 Å². The lowest BCUT2D eigenvalue weighted by atomic mass is 10.1. The van der Waals surface area contributed by atoms with Crippen molar-refractivity contribution in [3.63, 3.8) is 0 Å². The molecule has 1 aliphatic rings. The number of hydrogen-bond acceptors (Lipinski definition) is 3. The Morgan fingerprint density at radius 2 is 1.68 bits per heavy atom. The first kappa shape index (κ1) is 17.6. The minimum atomic E-state index is -3.66. The third-order valence-corrected chi connectivity index (χ3v) is 6.44. The molecule has 1 heterocycles. The lowest BCUT2D eigenvalue weighted by Gasteiger charge is -2.25. The Balaban J connectivity index is 1.76. The molecule has 25 heavy (non-hydrogen) atoms. The maximum atomic E-state index is 12.9. The first-order valence-corrected chi connectivity index (χ1v) is 9.86. The standard InChI is InChI=1S/C19H22N2O3S/c1-15(16-9-4-2-5-10-16)20-19(22)18-13-8-14-21(18)25(23,24)17-11-6-3-7-12-17/h2-7,9-12,15,18H,8,13-14H2,1H3,(H,20,22)/t15-,18+/m0/s1. The molecular weight excluding hydrogens is 336 g/mol. The highest BCUT2D eigenvalue weighted by molar-refractivity contribution is 7.89. The topological polar surface area (TPSA) is 66.5 Å². The van der Waals surface area contributed by atoms with Crippen LogP contribution in [-0.4, -0.2) is 31.2 Å². The number of amides is 1. The van der Waals surface area contributed by atoms with E-state index in [-0.39, 0.29) is 16.8 Å². The molecule has 0 saturated carbocycles. The van der Waals surface area contributed by atoms with Gasteiger partial charge in [0.15, 0.2) is 0 Å². The van der Waals surface area contributed by atoms with E-state index in [4.69, 9.17) is 0 Å². The smallest absolute Gasteiger partial charge is 0.243 e. The summed E-state index contributed by atoms with van der Waals surface area (Å²) in [6, 6.07) is 17.1. The van der Waals surface area contributed by atoms with Gasteiger partial charge in [-0.25, -0.2) is 8.42 Å². The molecule has 6 heteroatoms. The lowest BCUT2D eigenvalue weighted by Crippen LogP contribution is -2.46. The van der Waals surface area contributed by atoms with Gasteiger partial charge in [-0.1, -0.05) is 48.5 Å². The molecule has 0 unspecified atom stereocenters. The largest absolute Gasteiger partial charge is 0.348 e. The monoisotopic (exact) mass is 358 g/mol. The average Bonchev–Trinajstić information content (AvgIpc) is 3.14. The van der Waals surface area contributed by atoms with Crippen molar-refractivity contribution < 1.29 is 13.2 Å². The molecule has 3 rings (SSSR count). The number of nitrogens with one attached hydrogen (secondary N) is 1. The van der Waals surface area contributed by atoms with Crippen LogP contribution in [0.4, 0.5) is 0 Å². The van der Waals surface area contributed by atoms with Crippen molar-refractivity contribution in [2.45, 2.75) is 36.7 Å². The van der Waals surface area contributed by atoms with Crippen LogP contribution in [0.25, 0.3) is 0 Å². The van der Waals surface area contributed by atoms with Crippen LogP contribution in [-0.2, 0) is 14.8 Å². The fourth-order valence-electron chi connectivity index (χ4n) is 3.15. The van der Waals surface area contributed by atoms with E-state index in [0.29, 0.717) is 19.4 Å². The van der Waals surface area contributed by atoms with E-state index in [1.165, 1.54) is 4.31 Å². The molecule has 1 aliphatic heterocycles. The zero-order valence-electron chi connectivity index (χ0n) is 14.1. The predicted octanol–water partition coefficient (Wildman–Crippen LogP) is 2.72. The fraction of sp³-hybridized carbons (Fsp3) is 0.316. The summed E-state index contributed by atoms with van der Waals surface area (Å²) in [6.45, 7) is 2.27. The van der Waals surface area contributed by atoms with E-state index < -0.39 is 16.1 Å². The second-order valence-corrected chi connectivity index (χ2v) is 8.12. The molecule has 5 nitrogen and oxygen atoms in total. The Kier molecular flexibility index (Phi) is 5.20. The van der Waals surface area contributed by atoms with E-state index in [2.05, 4.69) is 5.32 Å². The Morgan fingerprint density at radius 1 is 1.08 bits per heavy atom. The molecule has 1 saturated heterocycles. The van der Waals surface area contributed by atoms with Crippen LogP contribution in [0, 0.1) is 0 Å². The number of rotatable bonds is 5. The van der Waals surface area contributed by atoms with Gasteiger partial charge in [-0.3, -0.25) is 4.79 Å². The van der Waals surface area contributed by atoms with Crippen LogP contribution in [0.1, 0.15) is 31.4 Å². The zero-order valence-corrected chi connectivity index (χ0v) is 14.9. The van der Waals surface area contributed by atoms with Crippen molar-refractivity contribution in [2.24, 2.45) is 0 Å². The van der Waals surface area contributed by atoms with Crippen LogP contribution in [0.5, 0.6) is 0 Å². The minimum Gasteiger partial charge on any atom is -0.348 e. The average molecular weight is 358 g/mol. The molecule has 2 atom stereocenters. The van der Waals surface area contributed by atoms with Gasteiger partial charge in [0, 0.05) is 6.54 Å². The van der Waals surface area contributed by atoms with Crippen LogP contribution in [0.2, 0.25) is 0 Å². The normalized spacial score (nSPS) is 19.5. The van der Waals surface area contributed by atoms with Gasteiger partial charge in [0.05, 0.1) is 10.9 Å². The van der Waals surface area contributed by atoms with E-state index in [1.54, 1.807) is 30.3 Å². The van der Waals surface area contributed by atoms with E-state index in [9.17, 15) is 13.2 Å². The molecule has 0 aliphatic carbocycles. The Morgan fingerprint density at radius 3 is 2.32 bits per heavy atom. The summed E-state index contributed by atoms with van der Waals surface area (Å²) >= 11 is 0. The molecule has 1 N–H and O–H groups in total. The second kappa shape index (κ2) is 7.37. The van der Waals surface area contributed by atoms with Crippen molar-refractivity contribution >= 4 is 15.9 Å². The molecule has 0 aromatic heterocycles. The number of carbonyl (C=O) groups is 1. The van der Waals surface area contributed by atoms with Gasteiger partial charge in [-0.05, 0) is 37.5 Å². The number of carbonyl (C=O) groups excluding carboxylic acids is 1. The maximum absolute atomic E-state index is 12.9. The SMILES string of the molecule is C[C@H](NC(=O)[C@H]1CCCN1S(=O)(=O)c1ccccc1)c1ccccc1. The first-order chi connectivity index (χ1) is 12.0. The van der Waals surface area contributed by atoms with E-state index >= 15 is 0 Å². The summed E-state index contributed by atoms with van der Waals surface area (Å²) in [4.78, 5) is 12.9. The van der Waals surface area contributed by atoms with Crippen LogP contribution in [0.3, 0.4) is 0 Å². The summed E-state index contributed by atoms with van der Waals surface area (Å²) in [6.07, 6.45) is 1.23. The summed E-state index contributed by atoms with van der Waals surface area (Å²) in [7, 11) is -3.66. The van der Waals surface area contributed by atoms with Crippen molar-refractivity contribution in [2.75, 3.05) is 6.54 Å². The zero-order chi connectivity index (χ0) is 17.9. The molecule has 1 fully saturated rings. The van der Waals surface area contributed by atoms with Gasteiger partial charge in [0.1, 0.15) is 6.04 Å². The fourth-order valence-corrected chi connectivity index (χ4v) is 4.83. The molecule has 0 spiro atoms. The number of nitrogens with zero attached hydrogens (tertiary/aromatic N) is 1. The van der Waals surface area contributed by atoms with Crippen molar-refractivity contribution in [1.82, 2.24) is 9.62 Å². The van der Waals surface area contributed by atoms with Gasteiger partial charge in [0.2, 0.25) is 15.9 Å². The minimum absolute atomic E-state index is 0.171. The summed E-state index contributed by atoms with van der Waals surface area (Å²) in [5.74, 6) is -0.242. The molecule has 0 radical (unpaired) electrons.